The Labute approximate surface area is 207 Å². The molecule has 3 unspecified atom stereocenters. The number of halogens is 2. The second-order valence-corrected chi connectivity index (χ2v) is 9.73. The van der Waals surface area contributed by atoms with Crippen LogP contribution in [0.1, 0.15) is 35.1 Å². The SMILES string of the molecule is CCn1cc(Cl)c2cc(C(=O)NC3CCc4nc(N5CC(N)C(COC)C5)c(F)cc4C3)nnc21. The highest BCUT2D eigenvalue weighted by molar-refractivity contribution is 6.35. The average molecular weight is 502 g/mol. The molecule has 11 heteroatoms. The van der Waals surface area contributed by atoms with Gasteiger partial charge in [0.15, 0.2) is 23.0 Å². The Morgan fingerprint density at radius 1 is 1.34 bits per heavy atom. The van der Waals surface area contributed by atoms with Gasteiger partial charge >= 0.3 is 0 Å². The van der Waals surface area contributed by atoms with Crippen molar-refractivity contribution in [3.8, 4) is 0 Å². The van der Waals surface area contributed by atoms with Crippen molar-refractivity contribution < 1.29 is 13.9 Å². The molecule has 1 aliphatic carbocycles. The van der Waals surface area contributed by atoms with E-state index >= 15 is 4.39 Å². The maximum atomic E-state index is 15.0. The van der Waals surface area contributed by atoms with Crippen LogP contribution in [0.3, 0.4) is 0 Å². The number of nitrogens with one attached hydrogen (secondary N) is 1. The molecule has 9 nitrogen and oxygen atoms in total. The van der Waals surface area contributed by atoms with Crippen molar-refractivity contribution in [3.63, 3.8) is 0 Å². The maximum Gasteiger partial charge on any atom is 0.272 e. The Balaban J connectivity index is 1.28. The first-order valence-corrected chi connectivity index (χ1v) is 12.3. The average Bonchev–Trinajstić information content (AvgIpc) is 3.37. The van der Waals surface area contributed by atoms with Crippen LogP contribution < -0.4 is 16.0 Å². The summed E-state index contributed by atoms with van der Waals surface area (Å²) in [6.07, 6.45) is 3.62. The molecule has 4 heterocycles. The van der Waals surface area contributed by atoms with E-state index in [9.17, 15) is 4.79 Å². The van der Waals surface area contributed by atoms with Gasteiger partial charge in [0, 0.05) is 62.0 Å². The molecule has 35 heavy (non-hydrogen) atoms. The van der Waals surface area contributed by atoms with Gasteiger partial charge in [0.25, 0.3) is 5.91 Å². The summed E-state index contributed by atoms with van der Waals surface area (Å²) >= 11 is 6.31. The van der Waals surface area contributed by atoms with E-state index in [1.165, 1.54) is 0 Å². The van der Waals surface area contributed by atoms with E-state index in [0.717, 1.165) is 11.3 Å². The summed E-state index contributed by atoms with van der Waals surface area (Å²) in [5.41, 5.74) is 8.73. The molecule has 1 fully saturated rings. The molecule has 1 amide bonds. The fourth-order valence-electron chi connectivity index (χ4n) is 5.08. The van der Waals surface area contributed by atoms with Crippen LogP contribution in [-0.4, -0.2) is 64.5 Å². The third-order valence-electron chi connectivity index (χ3n) is 6.98. The van der Waals surface area contributed by atoms with Crippen LogP contribution in [0, 0.1) is 11.7 Å². The first-order valence-electron chi connectivity index (χ1n) is 11.9. The third kappa shape index (κ3) is 4.57. The van der Waals surface area contributed by atoms with Crippen LogP contribution in [0.2, 0.25) is 5.02 Å². The second-order valence-electron chi connectivity index (χ2n) is 9.33. The summed E-state index contributed by atoms with van der Waals surface area (Å²) < 4.78 is 22.2. The van der Waals surface area contributed by atoms with Gasteiger partial charge in [-0.25, -0.2) is 9.37 Å². The number of hydrogen-bond acceptors (Lipinski definition) is 7. The molecule has 2 aliphatic rings. The molecule has 186 valence electrons. The molecule has 0 bridgehead atoms. The quantitative estimate of drug-likeness (QED) is 0.533. The van der Waals surface area contributed by atoms with E-state index in [2.05, 4.69) is 20.5 Å². The monoisotopic (exact) mass is 501 g/mol. The van der Waals surface area contributed by atoms with Crippen molar-refractivity contribution in [2.75, 3.05) is 31.7 Å². The first kappa shape index (κ1) is 23.9. The fraction of sp³-hybridized carbons (Fsp3) is 0.500. The molecule has 0 spiro atoms. The summed E-state index contributed by atoms with van der Waals surface area (Å²) in [6, 6.07) is 2.98. The summed E-state index contributed by atoms with van der Waals surface area (Å²) in [6.45, 7) is 4.40. The Kier molecular flexibility index (Phi) is 6.61. The number of amides is 1. The number of fused-ring (bicyclic) bond motifs is 2. The number of anilines is 1. The topological polar surface area (TPSA) is 111 Å². The molecule has 3 aromatic rings. The molecule has 3 aromatic heterocycles. The number of pyridine rings is 1. The smallest absolute Gasteiger partial charge is 0.272 e. The van der Waals surface area contributed by atoms with Gasteiger partial charge in [0.2, 0.25) is 0 Å². The largest absolute Gasteiger partial charge is 0.384 e. The van der Waals surface area contributed by atoms with Gasteiger partial charge in [-0.1, -0.05) is 11.6 Å². The molecule has 0 saturated carbocycles. The molecule has 3 N–H and O–H groups in total. The Morgan fingerprint density at radius 3 is 2.94 bits per heavy atom. The summed E-state index contributed by atoms with van der Waals surface area (Å²) in [5, 5.41) is 12.5. The van der Waals surface area contributed by atoms with Gasteiger partial charge in [-0.05, 0) is 43.9 Å². The molecular weight excluding hydrogens is 473 g/mol. The summed E-state index contributed by atoms with van der Waals surface area (Å²) in [7, 11) is 1.64. The molecular formula is C24H29ClFN7O2. The number of aromatic nitrogens is 4. The Bertz CT molecular complexity index is 1270. The van der Waals surface area contributed by atoms with Gasteiger partial charge in [0.1, 0.15) is 0 Å². The normalized spacial score (nSPS) is 22.0. The molecule has 5 rings (SSSR count). The zero-order chi connectivity index (χ0) is 24.7. The van der Waals surface area contributed by atoms with Crippen LogP contribution in [0.15, 0.2) is 18.3 Å². The zero-order valence-corrected chi connectivity index (χ0v) is 20.6. The van der Waals surface area contributed by atoms with Gasteiger partial charge in [-0.3, -0.25) is 4.79 Å². The molecule has 3 atom stereocenters. The van der Waals surface area contributed by atoms with Crippen molar-refractivity contribution in [2.45, 2.75) is 44.8 Å². The highest BCUT2D eigenvalue weighted by Crippen LogP contribution is 2.30. The molecule has 1 saturated heterocycles. The Morgan fingerprint density at radius 2 is 2.17 bits per heavy atom. The summed E-state index contributed by atoms with van der Waals surface area (Å²) in [5.74, 6) is -0.199. The number of carbonyl (C=O) groups excluding carboxylic acids is 1. The number of nitrogens with two attached hydrogens (primary N) is 1. The van der Waals surface area contributed by atoms with E-state index in [0.29, 0.717) is 67.4 Å². The molecule has 1 aliphatic heterocycles. The third-order valence-corrected chi connectivity index (χ3v) is 7.28. The van der Waals surface area contributed by atoms with Crippen molar-refractivity contribution >= 4 is 34.4 Å². The van der Waals surface area contributed by atoms with E-state index < -0.39 is 0 Å². The fourth-order valence-corrected chi connectivity index (χ4v) is 5.34. The van der Waals surface area contributed by atoms with Gasteiger partial charge in [0.05, 0.1) is 11.6 Å². The van der Waals surface area contributed by atoms with Crippen LogP contribution in [0.4, 0.5) is 10.2 Å². The number of rotatable bonds is 6. The number of ether oxygens (including phenoxy) is 1. The highest BCUT2D eigenvalue weighted by atomic mass is 35.5. The second kappa shape index (κ2) is 9.67. The highest BCUT2D eigenvalue weighted by Gasteiger charge is 2.33. The van der Waals surface area contributed by atoms with E-state index in [1.807, 2.05) is 16.4 Å². The number of methoxy groups -OCH3 is 1. The lowest BCUT2D eigenvalue weighted by molar-refractivity contribution is 0.0927. The van der Waals surface area contributed by atoms with Crippen LogP contribution in [-0.2, 0) is 24.1 Å². The number of nitrogens with zero attached hydrogens (tertiary/aromatic N) is 5. The van der Waals surface area contributed by atoms with E-state index in [-0.39, 0.29) is 35.4 Å². The lowest BCUT2D eigenvalue weighted by Crippen LogP contribution is -2.39. The molecule has 0 radical (unpaired) electrons. The lowest BCUT2D eigenvalue weighted by atomic mass is 9.91. The number of aryl methyl sites for hydroxylation is 2. The van der Waals surface area contributed by atoms with Crippen LogP contribution in [0.25, 0.3) is 11.0 Å². The predicted octanol–water partition coefficient (Wildman–Crippen LogP) is 2.34. The van der Waals surface area contributed by atoms with Crippen molar-refractivity contribution in [1.82, 2.24) is 25.1 Å². The van der Waals surface area contributed by atoms with E-state index in [1.54, 1.807) is 25.4 Å². The maximum absolute atomic E-state index is 15.0. The lowest BCUT2D eigenvalue weighted by Gasteiger charge is -2.27. The van der Waals surface area contributed by atoms with Crippen LogP contribution in [0.5, 0.6) is 0 Å². The summed E-state index contributed by atoms with van der Waals surface area (Å²) in [4.78, 5) is 19.4. The zero-order valence-electron chi connectivity index (χ0n) is 19.8. The van der Waals surface area contributed by atoms with Gasteiger partial charge in [-0.2, -0.15) is 0 Å². The van der Waals surface area contributed by atoms with Crippen molar-refractivity contribution in [3.05, 3.63) is 46.1 Å². The predicted molar refractivity (Wildman–Crippen MR) is 131 cm³/mol. The van der Waals surface area contributed by atoms with Gasteiger partial charge in [-0.15, -0.1) is 10.2 Å². The van der Waals surface area contributed by atoms with Crippen molar-refractivity contribution in [2.24, 2.45) is 11.7 Å². The number of carbonyl (C=O) groups is 1. The first-order chi connectivity index (χ1) is 16.9. The van der Waals surface area contributed by atoms with E-state index in [4.69, 9.17) is 22.1 Å². The van der Waals surface area contributed by atoms with Crippen molar-refractivity contribution in [1.29, 1.82) is 0 Å². The van der Waals surface area contributed by atoms with Gasteiger partial charge < -0.3 is 25.3 Å². The minimum absolute atomic E-state index is 0.0792. The standard InChI is InChI=1S/C24H29ClFN7O2/c1-3-32-10-17(25)16-8-21(30-31-22(16)32)24(34)28-15-4-5-20-13(6-15)7-18(26)23(29-20)33-9-14(12-35-2)19(27)11-33/h7-8,10,14-15,19H,3-6,9,11-12,27H2,1-2H3,(H,28,34). The minimum Gasteiger partial charge on any atom is -0.384 e. The van der Waals surface area contributed by atoms with Crippen LogP contribution >= 0.6 is 11.6 Å². The number of hydrogen-bond donors (Lipinski definition) is 2. The Hall–Kier alpha value is -2.82. The minimum atomic E-state index is -0.368. The molecule has 0 aromatic carbocycles.